The Morgan fingerprint density at radius 1 is 1.33 bits per heavy atom. The van der Waals surface area contributed by atoms with E-state index < -0.39 is 0 Å². The number of rotatable bonds is 5. The quantitative estimate of drug-likeness (QED) is 0.782. The molecule has 1 aromatic heterocycles. The van der Waals surface area contributed by atoms with Crippen LogP contribution in [-0.2, 0) is 0 Å². The molecule has 1 aromatic rings. The van der Waals surface area contributed by atoms with Gasteiger partial charge in [-0.05, 0) is 32.9 Å². The van der Waals surface area contributed by atoms with Gasteiger partial charge < -0.3 is 20.7 Å². The van der Waals surface area contributed by atoms with Crippen LogP contribution >= 0.6 is 0 Å². The van der Waals surface area contributed by atoms with Crippen molar-refractivity contribution in [2.75, 3.05) is 37.8 Å². The Labute approximate surface area is 107 Å². The molecule has 1 unspecified atom stereocenters. The van der Waals surface area contributed by atoms with Crippen molar-refractivity contribution < 1.29 is 4.74 Å². The zero-order valence-corrected chi connectivity index (χ0v) is 10.9. The van der Waals surface area contributed by atoms with Gasteiger partial charge in [-0.1, -0.05) is 0 Å². The van der Waals surface area contributed by atoms with Gasteiger partial charge in [0.1, 0.15) is 0 Å². The predicted molar refractivity (Wildman–Crippen MR) is 69.6 cm³/mol. The van der Waals surface area contributed by atoms with E-state index in [2.05, 4.69) is 32.1 Å². The van der Waals surface area contributed by atoms with Crippen LogP contribution in [0, 0.1) is 0 Å². The fourth-order valence-electron chi connectivity index (χ4n) is 2.15. The molecule has 0 aliphatic carbocycles. The summed E-state index contributed by atoms with van der Waals surface area (Å²) in [4.78, 5) is 14.4. The summed E-state index contributed by atoms with van der Waals surface area (Å²) in [6.07, 6.45) is 2.58. The van der Waals surface area contributed by atoms with Crippen molar-refractivity contribution in [2.24, 2.45) is 0 Å². The van der Waals surface area contributed by atoms with Crippen LogP contribution in [0.3, 0.4) is 0 Å². The molecule has 7 heteroatoms. The van der Waals surface area contributed by atoms with E-state index >= 15 is 0 Å². The molecule has 0 saturated carbocycles. The number of ether oxygens (including phenoxy) is 1. The Kier molecular flexibility index (Phi) is 4.14. The van der Waals surface area contributed by atoms with Gasteiger partial charge in [0.05, 0.1) is 7.11 Å². The molecule has 7 nitrogen and oxygen atoms in total. The molecule has 2 rings (SSSR count). The van der Waals surface area contributed by atoms with Crippen molar-refractivity contribution in [3.8, 4) is 6.01 Å². The normalized spacial score (nSPS) is 17.7. The number of aromatic nitrogens is 3. The second-order valence-electron chi connectivity index (χ2n) is 4.56. The highest BCUT2D eigenvalue weighted by Crippen LogP contribution is 2.11. The molecule has 0 bridgehead atoms. The lowest BCUT2D eigenvalue weighted by Gasteiger charge is -2.21. The van der Waals surface area contributed by atoms with Crippen molar-refractivity contribution in [3.05, 3.63) is 0 Å². The van der Waals surface area contributed by atoms with E-state index in [-0.39, 0.29) is 18.0 Å². The molecule has 3 N–H and O–H groups in total. The highest BCUT2D eigenvalue weighted by Gasteiger charge is 2.15. The molecule has 0 radical (unpaired) electrons. The molecule has 1 aliphatic rings. The summed E-state index contributed by atoms with van der Waals surface area (Å²) in [5, 5.41) is 3.22. The summed E-state index contributed by atoms with van der Waals surface area (Å²) in [6, 6.07) is 0.493. The van der Waals surface area contributed by atoms with Gasteiger partial charge in [-0.2, -0.15) is 15.0 Å². The highest BCUT2D eigenvalue weighted by atomic mass is 16.5. The maximum absolute atomic E-state index is 5.58. The predicted octanol–water partition coefficient (Wildman–Crippen LogP) is 0.359. The molecular weight excluding hydrogens is 232 g/mol. The molecule has 1 fully saturated rings. The van der Waals surface area contributed by atoms with Crippen LogP contribution in [0.2, 0.25) is 0 Å². The summed E-state index contributed by atoms with van der Waals surface area (Å²) in [5.41, 5.74) is 5.58. The lowest BCUT2D eigenvalue weighted by atomic mass is 10.3. The maximum atomic E-state index is 5.58. The topological polar surface area (TPSA) is 89.2 Å². The molecule has 18 heavy (non-hydrogen) atoms. The van der Waals surface area contributed by atoms with Crippen LogP contribution in [0.1, 0.15) is 19.8 Å². The zero-order chi connectivity index (χ0) is 13.0. The number of nitrogens with one attached hydrogen (secondary N) is 1. The van der Waals surface area contributed by atoms with Gasteiger partial charge in [0, 0.05) is 12.6 Å². The second-order valence-corrected chi connectivity index (χ2v) is 4.56. The minimum atomic E-state index is 0.165. The van der Waals surface area contributed by atoms with E-state index in [4.69, 9.17) is 10.5 Å². The molecule has 1 saturated heterocycles. The van der Waals surface area contributed by atoms with Crippen LogP contribution in [0.5, 0.6) is 6.01 Å². The van der Waals surface area contributed by atoms with E-state index in [9.17, 15) is 0 Å². The third-order valence-electron chi connectivity index (χ3n) is 2.92. The summed E-state index contributed by atoms with van der Waals surface area (Å²) >= 11 is 0. The van der Waals surface area contributed by atoms with Crippen LogP contribution in [0.15, 0.2) is 0 Å². The number of nitrogen functional groups attached to an aromatic ring is 1. The summed E-state index contributed by atoms with van der Waals surface area (Å²) in [6.45, 7) is 5.43. The van der Waals surface area contributed by atoms with Crippen molar-refractivity contribution in [2.45, 2.75) is 25.8 Å². The van der Waals surface area contributed by atoms with Gasteiger partial charge >= 0.3 is 6.01 Å². The standard InChI is InChI=1S/C11H20N6O/c1-8(7-17-5-3-4-6-17)13-10-14-9(12)15-11(16-10)18-2/h8H,3-7H2,1-2H3,(H3,12,13,14,15,16). The minimum absolute atomic E-state index is 0.165. The average molecular weight is 252 g/mol. The Balaban J connectivity index is 1.93. The summed E-state index contributed by atoms with van der Waals surface area (Å²) < 4.78 is 4.96. The van der Waals surface area contributed by atoms with Gasteiger partial charge in [0.2, 0.25) is 11.9 Å². The molecule has 0 aromatic carbocycles. The smallest absolute Gasteiger partial charge is 0.322 e. The lowest BCUT2D eigenvalue weighted by Crippen LogP contribution is -2.33. The van der Waals surface area contributed by atoms with Crippen LogP contribution in [-0.4, -0.2) is 52.6 Å². The molecular formula is C11H20N6O. The van der Waals surface area contributed by atoms with Crippen LogP contribution in [0.25, 0.3) is 0 Å². The maximum Gasteiger partial charge on any atom is 0.322 e. The Morgan fingerprint density at radius 3 is 2.72 bits per heavy atom. The number of nitrogens with zero attached hydrogens (tertiary/aromatic N) is 4. The first-order valence-electron chi connectivity index (χ1n) is 6.22. The average Bonchev–Trinajstić information content (AvgIpc) is 2.80. The number of likely N-dealkylation sites (tertiary alicyclic amines) is 1. The minimum Gasteiger partial charge on any atom is -0.467 e. The van der Waals surface area contributed by atoms with E-state index in [1.165, 1.54) is 33.0 Å². The number of anilines is 2. The number of hydrogen-bond acceptors (Lipinski definition) is 7. The van der Waals surface area contributed by atoms with E-state index in [0.29, 0.717) is 5.95 Å². The van der Waals surface area contributed by atoms with Gasteiger partial charge in [-0.15, -0.1) is 0 Å². The first-order chi connectivity index (χ1) is 8.67. The van der Waals surface area contributed by atoms with Crippen LogP contribution < -0.4 is 15.8 Å². The SMILES string of the molecule is COc1nc(N)nc(NC(C)CN2CCCC2)n1. The Morgan fingerprint density at radius 2 is 2.06 bits per heavy atom. The third-order valence-corrected chi connectivity index (χ3v) is 2.92. The molecule has 0 spiro atoms. The molecule has 1 atom stereocenters. The second kappa shape index (κ2) is 5.81. The third kappa shape index (κ3) is 3.43. The fraction of sp³-hybridized carbons (Fsp3) is 0.727. The number of methoxy groups -OCH3 is 1. The van der Waals surface area contributed by atoms with Crippen LogP contribution in [0.4, 0.5) is 11.9 Å². The van der Waals surface area contributed by atoms with E-state index in [1.54, 1.807) is 0 Å². The van der Waals surface area contributed by atoms with Gasteiger partial charge in [0.15, 0.2) is 0 Å². The van der Waals surface area contributed by atoms with Crippen molar-refractivity contribution in [3.63, 3.8) is 0 Å². The molecule has 2 heterocycles. The first-order valence-corrected chi connectivity index (χ1v) is 6.22. The van der Waals surface area contributed by atoms with Crippen molar-refractivity contribution in [1.82, 2.24) is 19.9 Å². The Hall–Kier alpha value is -1.63. The van der Waals surface area contributed by atoms with E-state index in [0.717, 1.165) is 6.54 Å². The van der Waals surface area contributed by atoms with Gasteiger partial charge in [-0.25, -0.2) is 0 Å². The van der Waals surface area contributed by atoms with E-state index in [1.807, 2.05) is 0 Å². The molecule has 1 aliphatic heterocycles. The van der Waals surface area contributed by atoms with Gasteiger partial charge in [0.25, 0.3) is 0 Å². The molecule has 0 amide bonds. The summed E-state index contributed by atoms with van der Waals surface area (Å²) in [7, 11) is 1.51. The highest BCUT2D eigenvalue weighted by molar-refractivity contribution is 5.33. The number of nitrogens with two attached hydrogens (primary N) is 1. The summed E-state index contributed by atoms with van der Waals surface area (Å²) in [5.74, 6) is 0.628. The van der Waals surface area contributed by atoms with Crippen molar-refractivity contribution >= 4 is 11.9 Å². The number of hydrogen-bond donors (Lipinski definition) is 2. The lowest BCUT2D eigenvalue weighted by molar-refractivity contribution is 0.327. The van der Waals surface area contributed by atoms with Gasteiger partial charge in [-0.3, -0.25) is 0 Å². The largest absolute Gasteiger partial charge is 0.467 e. The fourth-order valence-corrected chi connectivity index (χ4v) is 2.15. The zero-order valence-electron chi connectivity index (χ0n) is 10.9. The monoisotopic (exact) mass is 252 g/mol. The van der Waals surface area contributed by atoms with Crippen molar-refractivity contribution in [1.29, 1.82) is 0 Å². The molecule has 100 valence electrons. The Bertz CT molecular complexity index is 393. The first kappa shape index (κ1) is 12.8.